The van der Waals surface area contributed by atoms with Gasteiger partial charge in [0.25, 0.3) is 0 Å². The Labute approximate surface area is 80.5 Å². The highest BCUT2D eigenvalue weighted by Gasteiger charge is 1.94. The molecule has 0 aliphatic heterocycles. The van der Waals surface area contributed by atoms with Crippen LogP contribution in [0, 0.1) is 22.7 Å². The lowest BCUT2D eigenvalue weighted by Crippen LogP contribution is -1.95. The molecule has 0 saturated carbocycles. The average Bonchev–Trinajstić information content (AvgIpc) is 2.19. The normalized spacial score (nSPS) is 8.14. The van der Waals surface area contributed by atoms with Gasteiger partial charge in [-0.15, -0.1) is 0 Å². The van der Waals surface area contributed by atoms with Crippen LogP contribution in [0.15, 0.2) is 29.4 Å². The summed E-state index contributed by atoms with van der Waals surface area (Å²) in [5.41, 5.74) is 2.71. The lowest BCUT2D eigenvalue weighted by molar-refractivity contribution is 0.475. The standard InChI is InChI=1S/C9H6N4O/c10-5-8(6-11)13-12-7-2-1-3-9(14)4-7/h1-4,12,14H. The molecule has 1 aromatic rings. The number of hydrogen-bond acceptors (Lipinski definition) is 5. The van der Waals surface area contributed by atoms with E-state index in [1.54, 1.807) is 24.3 Å². The van der Waals surface area contributed by atoms with Crippen molar-refractivity contribution < 1.29 is 5.11 Å². The van der Waals surface area contributed by atoms with Crippen LogP contribution in [0.25, 0.3) is 0 Å². The fraction of sp³-hybridized carbons (Fsp3) is 0. The number of aromatic hydroxyl groups is 1. The lowest BCUT2D eigenvalue weighted by Gasteiger charge is -1.98. The molecule has 1 aromatic carbocycles. The predicted molar refractivity (Wildman–Crippen MR) is 50.4 cm³/mol. The number of hydrazone groups is 1. The van der Waals surface area contributed by atoms with E-state index in [0.29, 0.717) is 5.69 Å². The van der Waals surface area contributed by atoms with E-state index in [4.69, 9.17) is 15.6 Å². The Morgan fingerprint density at radius 2 is 2.07 bits per heavy atom. The molecule has 1 rings (SSSR count). The lowest BCUT2D eigenvalue weighted by atomic mass is 10.3. The van der Waals surface area contributed by atoms with Gasteiger partial charge in [0.1, 0.15) is 17.9 Å². The third-order valence-corrected chi connectivity index (χ3v) is 1.35. The predicted octanol–water partition coefficient (Wildman–Crippen LogP) is 1.21. The smallest absolute Gasteiger partial charge is 0.237 e. The fourth-order valence-electron chi connectivity index (χ4n) is 0.771. The van der Waals surface area contributed by atoms with Crippen LogP contribution in [0.1, 0.15) is 0 Å². The van der Waals surface area contributed by atoms with Crippen molar-refractivity contribution in [2.75, 3.05) is 5.43 Å². The van der Waals surface area contributed by atoms with Crippen molar-refractivity contribution in [2.45, 2.75) is 0 Å². The highest BCUT2D eigenvalue weighted by Crippen LogP contribution is 2.14. The Morgan fingerprint density at radius 1 is 1.36 bits per heavy atom. The van der Waals surface area contributed by atoms with Crippen LogP contribution in [-0.2, 0) is 0 Å². The SMILES string of the molecule is N#CC(C#N)=NNc1cccc(O)c1. The Kier molecular flexibility index (Phi) is 3.06. The minimum atomic E-state index is -0.270. The van der Waals surface area contributed by atoms with Crippen molar-refractivity contribution in [3.8, 4) is 17.9 Å². The van der Waals surface area contributed by atoms with Crippen molar-refractivity contribution in [2.24, 2.45) is 5.10 Å². The Hall–Kier alpha value is -2.53. The van der Waals surface area contributed by atoms with E-state index in [2.05, 4.69) is 10.5 Å². The van der Waals surface area contributed by atoms with E-state index >= 15 is 0 Å². The van der Waals surface area contributed by atoms with E-state index < -0.39 is 0 Å². The summed E-state index contributed by atoms with van der Waals surface area (Å²) >= 11 is 0. The number of benzene rings is 1. The van der Waals surface area contributed by atoms with Gasteiger partial charge in [-0.3, -0.25) is 5.43 Å². The molecule has 2 N–H and O–H groups in total. The summed E-state index contributed by atoms with van der Waals surface area (Å²) in [5, 5.41) is 29.3. The number of nitriles is 2. The minimum absolute atomic E-state index is 0.0839. The second kappa shape index (κ2) is 4.48. The Bertz CT molecular complexity index is 423. The summed E-state index contributed by atoms with van der Waals surface area (Å²) in [7, 11) is 0. The number of rotatable bonds is 2. The first-order valence-electron chi connectivity index (χ1n) is 3.69. The molecule has 5 heteroatoms. The largest absolute Gasteiger partial charge is 0.508 e. The first kappa shape index (κ1) is 9.56. The van der Waals surface area contributed by atoms with E-state index in [1.165, 1.54) is 12.1 Å². The maximum atomic E-state index is 9.07. The van der Waals surface area contributed by atoms with E-state index in [0.717, 1.165) is 0 Å². The molecular formula is C9H6N4O. The van der Waals surface area contributed by atoms with Crippen molar-refractivity contribution in [3.05, 3.63) is 24.3 Å². The van der Waals surface area contributed by atoms with Gasteiger partial charge in [0.2, 0.25) is 5.71 Å². The first-order valence-corrected chi connectivity index (χ1v) is 3.69. The molecule has 0 saturated heterocycles. The van der Waals surface area contributed by atoms with Crippen LogP contribution >= 0.6 is 0 Å². The van der Waals surface area contributed by atoms with E-state index in [9.17, 15) is 0 Å². The van der Waals surface area contributed by atoms with Crippen LogP contribution in [-0.4, -0.2) is 10.8 Å². The monoisotopic (exact) mass is 186 g/mol. The molecule has 68 valence electrons. The molecule has 0 aromatic heterocycles. The van der Waals surface area contributed by atoms with Crippen molar-refractivity contribution in [3.63, 3.8) is 0 Å². The van der Waals surface area contributed by atoms with E-state index in [-0.39, 0.29) is 11.5 Å². The van der Waals surface area contributed by atoms with Gasteiger partial charge in [0.05, 0.1) is 5.69 Å². The summed E-state index contributed by atoms with van der Waals surface area (Å²) in [6, 6.07) is 9.40. The Balaban J connectivity index is 2.77. The van der Waals surface area contributed by atoms with Crippen molar-refractivity contribution >= 4 is 11.4 Å². The summed E-state index contributed by atoms with van der Waals surface area (Å²) in [4.78, 5) is 0. The molecule has 5 nitrogen and oxygen atoms in total. The first-order chi connectivity index (χ1) is 6.76. The van der Waals surface area contributed by atoms with Gasteiger partial charge in [-0.1, -0.05) is 6.07 Å². The van der Waals surface area contributed by atoms with Crippen LogP contribution in [0.5, 0.6) is 5.75 Å². The maximum absolute atomic E-state index is 9.07. The molecule has 0 atom stereocenters. The van der Waals surface area contributed by atoms with Crippen molar-refractivity contribution in [1.82, 2.24) is 0 Å². The zero-order valence-electron chi connectivity index (χ0n) is 7.10. The quantitative estimate of drug-likeness (QED) is 0.536. The van der Waals surface area contributed by atoms with Crippen LogP contribution in [0.3, 0.4) is 0 Å². The van der Waals surface area contributed by atoms with Gasteiger partial charge in [0, 0.05) is 6.07 Å². The van der Waals surface area contributed by atoms with Gasteiger partial charge in [-0.25, -0.2) is 0 Å². The molecular weight excluding hydrogens is 180 g/mol. The molecule has 0 aliphatic carbocycles. The van der Waals surface area contributed by atoms with Gasteiger partial charge >= 0.3 is 0 Å². The van der Waals surface area contributed by atoms with Crippen LogP contribution < -0.4 is 5.43 Å². The summed E-state index contributed by atoms with van der Waals surface area (Å²) in [6.45, 7) is 0. The van der Waals surface area contributed by atoms with E-state index in [1.807, 2.05) is 0 Å². The second-order valence-electron chi connectivity index (χ2n) is 2.35. The number of phenolic OH excluding ortho intramolecular Hbond substituents is 1. The molecule has 0 aliphatic rings. The topological polar surface area (TPSA) is 92.2 Å². The van der Waals surface area contributed by atoms with Crippen LogP contribution in [0.4, 0.5) is 5.69 Å². The number of anilines is 1. The highest BCUT2D eigenvalue weighted by molar-refractivity contribution is 6.10. The molecule has 0 fully saturated rings. The van der Waals surface area contributed by atoms with Gasteiger partial charge in [-0.05, 0) is 12.1 Å². The minimum Gasteiger partial charge on any atom is -0.508 e. The van der Waals surface area contributed by atoms with Gasteiger partial charge < -0.3 is 5.11 Å². The second-order valence-corrected chi connectivity index (χ2v) is 2.35. The zero-order chi connectivity index (χ0) is 10.4. The number of phenols is 1. The summed E-state index contributed by atoms with van der Waals surface area (Å²) < 4.78 is 0. The van der Waals surface area contributed by atoms with Gasteiger partial charge in [0.15, 0.2) is 0 Å². The average molecular weight is 186 g/mol. The molecule has 14 heavy (non-hydrogen) atoms. The Morgan fingerprint density at radius 3 is 2.64 bits per heavy atom. The third-order valence-electron chi connectivity index (χ3n) is 1.35. The molecule has 0 spiro atoms. The summed E-state index contributed by atoms with van der Waals surface area (Å²) in [6.07, 6.45) is 0. The molecule has 0 amide bonds. The summed E-state index contributed by atoms with van der Waals surface area (Å²) in [5.74, 6) is 0.0839. The molecule has 0 bridgehead atoms. The number of nitrogens with one attached hydrogen (secondary N) is 1. The zero-order valence-corrected chi connectivity index (χ0v) is 7.10. The number of nitrogens with zero attached hydrogens (tertiary/aromatic N) is 3. The molecule has 0 heterocycles. The van der Waals surface area contributed by atoms with Crippen molar-refractivity contribution in [1.29, 1.82) is 10.5 Å². The maximum Gasteiger partial charge on any atom is 0.237 e. The fourth-order valence-corrected chi connectivity index (χ4v) is 0.771. The highest BCUT2D eigenvalue weighted by atomic mass is 16.3. The molecule has 0 unspecified atom stereocenters. The van der Waals surface area contributed by atoms with Gasteiger partial charge in [-0.2, -0.15) is 15.6 Å². The molecule has 0 radical (unpaired) electrons. The van der Waals surface area contributed by atoms with Crippen LogP contribution in [0.2, 0.25) is 0 Å². The number of hydrogen-bond donors (Lipinski definition) is 2. The third kappa shape index (κ3) is 2.50.